The van der Waals surface area contributed by atoms with Crippen molar-refractivity contribution in [1.29, 1.82) is 0 Å². The van der Waals surface area contributed by atoms with Gasteiger partial charge in [-0.3, -0.25) is 14.7 Å². The molecule has 2 fully saturated rings. The van der Waals surface area contributed by atoms with E-state index in [0.717, 1.165) is 39.1 Å². The summed E-state index contributed by atoms with van der Waals surface area (Å²) in [5.41, 5.74) is 0.679. The molecular formula is C17H21N5OS. The van der Waals surface area contributed by atoms with Crippen LogP contribution in [0.3, 0.4) is 0 Å². The molecule has 2 aliphatic rings. The molecule has 1 amide bonds. The molecule has 6 nitrogen and oxygen atoms in total. The summed E-state index contributed by atoms with van der Waals surface area (Å²) in [6, 6.07) is 0. The highest BCUT2D eigenvalue weighted by Gasteiger charge is 2.43. The van der Waals surface area contributed by atoms with Gasteiger partial charge in [-0.25, -0.2) is 9.97 Å². The van der Waals surface area contributed by atoms with Gasteiger partial charge in [-0.05, 0) is 25.8 Å². The van der Waals surface area contributed by atoms with E-state index in [1.165, 1.54) is 17.8 Å². The first-order valence-corrected chi connectivity index (χ1v) is 9.28. The number of hydrogen-bond donors (Lipinski definition) is 0. The zero-order valence-electron chi connectivity index (χ0n) is 13.6. The molecule has 126 valence electrons. The Hall–Kier alpha value is -1.86. The molecule has 4 rings (SSSR count). The van der Waals surface area contributed by atoms with Crippen molar-refractivity contribution in [3.8, 4) is 0 Å². The molecule has 0 aliphatic carbocycles. The third kappa shape index (κ3) is 3.18. The van der Waals surface area contributed by atoms with Crippen molar-refractivity contribution in [1.82, 2.24) is 24.8 Å². The lowest BCUT2D eigenvalue weighted by molar-refractivity contribution is 0.0670. The number of nitrogens with zero attached hydrogens (tertiary/aromatic N) is 5. The van der Waals surface area contributed by atoms with Crippen LogP contribution in [0.4, 0.5) is 0 Å². The quantitative estimate of drug-likeness (QED) is 0.854. The topological polar surface area (TPSA) is 62.2 Å². The zero-order valence-corrected chi connectivity index (χ0v) is 14.4. The van der Waals surface area contributed by atoms with Crippen molar-refractivity contribution in [3.05, 3.63) is 40.9 Å². The molecule has 0 saturated carbocycles. The smallest absolute Gasteiger partial charge is 0.274 e. The van der Waals surface area contributed by atoms with Crippen LogP contribution in [-0.4, -0.2) is 56.8 Å². The molecule has 2 aromatic heterocycles. The van der Waals surface area contributed by atoms with E-state index in [2.05, 4.69) is 19.9 Å². The fourth-order valence-electron chi connectivity index (χ4n) is 3.98. The predicted molar refractivity (Wildman–Crippen MR) is 91.6 cm³/mol. The van der Waals surface area contributed by atoms with Gasteiger partial charge in [-0.2, -0.15) is 0 Å². The Balaban J connectivity index is 1.42. The van der Waals surface area contributed by atoms with Crippen LogP contribution in [0.25, 0.3) is 0 Å². The molecule has 0 bridgehead atoms. The molecule has 24 heavy (non-hydrogen) atoms. The van der Waals surface area contributed by atoms with Crippen LogP contribution in [0, 0.1) is 5.41 Å². The van der Waals surface area contributed by atoms with Crippen LogP contribution in [0.5, 0.6) is 0 Å². The summed E-state index contributed by atoms with van der Waals surface area (Å²) in [6.45, 7) is 4.76. The van der Waals surface area contributed by atoms with Gasteiger partial charge in [0.15, 0.2) is 0 Å². The van der Waals surface area contributed by atoms with E-state index in [1.54, 1.807) is 29.9 Å². The average molecular weight is 343 g/mol. The van der Waals surface area contributed by atoms with Gasteiger partial charge in [0.05, 0.1) is 12.7 Å². The molecular weight excluding hydrogens is 322 g/mol. The fraction of sp³-hybridized carbons (Fsp3) is 0.529. The number of likely N-dealkylation sites (tertiary alicyclic amines) is 2. The summed E-state index contributed by atoms with van der Waals surface area (Å²) in [5, 5.41) is 3.21. The Labute approximate surface area is 145 Å². The maximum atomic E-state index is 12.6. The van der Waals surface area contributed by atoms with Crippen molar-refractivity contribution in [3.63, 3.8) is 0 Å². The Morgan fingerprint density at radius 2 is 2.12 bits per heavy atom. The second kappa shape index (κ2) is 6.57. The zero-order chi connectivity index (χ0) is 16.4. The van der Waals surface area contributed by atoms with Gasteiger partial charge >= 0.3 is 0 Å². The minimum Gasteiger partial charge on any atom is -0.337 e. The maximum Gasteiger partial charge on any atom is 0.274 e. The Morgan fingerprint density at radius 3 is 2.92 bits per heavy atom. The van der Waals surface area contributed by atoms with E-state index >= 15 is 0 Å². The first-order valence-electron chi connectivity index (χ1n) is 8.40. The van der Waals surface area contributed by atoms with Gasteiger partial charge in [0.2, 0.25) is 0 Å². The van der Waals surface area contributed by atoms with E-state index in [9.17, 15) is 4.79 Å². The molecule has 1 atom stereocenters. The molecule has 7 heteroatoms. The summed E-state index contributed by atoms with van der Waals surface area (Å²) in [4.78, 5) is 29.6. The van der Waals surface area contributed by atoms with E-state index < -0.39 is 0 Å². The van der Waals surface area contributed by atoms with Crippen LogP contribution in [-0.2, 0) is 6.54 Å². The van der Waals surface area contributed by atoms with Crippen LogP contribution < -0.4 is 0 Å². The summed E-state index contributed by atoms with van der Waals surface area (Å²) in [5.74, 6) is 0.0111. The first-order chi connectivity index (χ1) is 11.7. The van der Waals surface area contributed by atoms with Gasteiger partial charge in [0, 0.05) is 49.0 Å². The number of thiazole rings is 1. The second-order valence-electron chi connectivity index (χ2n) is 6.81. The van der Waals surface area contributed by atoms with Crippen LogP contribution >= 0.6 is 11.3 Å². The molecule has 0 radical (unpaired) electrons. The van der Waals surface area contributed by atoms with Gasteiger partial charge in [0.1, 0.15) is 10.7 Å². The molecule has 2 aliphatic heterocycles. The Kier molecular flexibility index (Phi) is 4.28. The normalized spacial score (nSPS) is 24.6. The third-order valence-corrected chi connectivity index (χ3v) is 5.86. The molecule has 2 aromatic rings. The van der Waals surface area contributed by atoms with Crippen molar-refractivity contribution < 1.29 is 4.79 Å². The van der Waals surface area contributed by atoms with Crippen molar-refractivity contribution >= 4 is 17.2 Å². The maximum absolute atomic E-state index is 12.6. The number of carbonyl (C=O) groups excluding carboxylic acids is 1. The number of piperidine rings is 1. The van der Waals surface area contributed by atoms with Gasteiger partial charge in [-0.15, -0.1) is 11.3 Å². The number of aromatic nitrogens is 3. The van der Waals surface area contributed by atoms with E-state index in [0.29, 0.717) is 5.69 Å². The van der Waals surface area contributed by atoms with E-state index in [4.69, 9.17) is 0 Å². The highest BCUT2D eigenvalue weighted by Crippen LogP contribution is 2.39. The number of hydrogen-bond acceptors (Lipinski definition) is 6. The number of amides is 1. The predicted octanol–water partition coefficient (Wildman–Crippen LogP) is 2.06. The molecule has 1 spiro atoms. The summed E-state index contributed by atoms with van der Waals surface area (Å²) >= 11 is 1.72. The van der Waals surface area contributed by atoms with Crippen LogP contribution in [0.1, 0.15) is 34.8 Å². The minimum absolute atomic E-state index is 0.0111. The highest BCUT2D eigenvalue weighted by molar-refractivity contribution is 7.09. The summed E-state index contributed by atoms with van der Waals surface area (Å²) < 4.78 is 0. The van der Waals surface area contributed by atoms with Crippen molar-refractivity contribution in [2.75, 3.05) is 26.2 Å². The lowest BCUT2D eigenvalue weighted by atomic mass is 9.79. The SMILES string of the molecule is O=C(c1cnccn1)N1CC[C@@]2(CCCN(Cc3nccs3)C2)C1. The van der Waals surface area contributed by atoms with Gasteiger partial charge in [-0.1, -0.05) is 0 Å². The number of rotatable bonds is 3. The standard InChI is InChI=1S/C17H21N5OS/c23-16(14-10-18-4-5-19-14)22-8-3-17(13-22)2-1-7-21(12-17)11-15-20-6-9-24-15/h4-6,9-10H,1-3,7-8,11-13H2/t17-/m1/s1. The van der Waals surface area contributed by atoms with Gasteiger partial charge in [0.25, 0.3) is 5.91 Å². The molecule has 2 saturated heterocycles. The number of carbonyl (C=O) groups is 1. The van der Waals surface area contributed by atoms with Gasteiger partial charge < -0.3 is 4.90 Å². The lowest BCUT2D eigenvalue weighted by Gasteiger charge is -2.40. The van der Waals surface area contributed by atoms with E-state index in [1.807, 2.05) is 16.5 Å². The van der Waals surface area contributed by atoms with E-state index in [-0.39, 0.29) is 11.3 Å². The first kappa shape index (κ1) is 15.7. The molecule has 4 heterocycles. The van der Waals surface area contributed by atoms with Crippen LogP contribution in [0.2, 0.25) is 0 Å². The minimum atomic E-state index is 0.0111. The highest BCUT2D eigenvalue weighted by atomic mass is 32.1. The van der Waals surface area contributed by atoms with Crippen molar-refractivity contribution in [2.24, 2.45) is 5.41 Å². The molecule has 0 aromatic carbocycles. The largest absolute Gasteiger partial charge is 0.337 e. The molecule has 0 unspecified atom stereocenters. The molecule has 0 N–H and O–H groups in total. The lowest BCUT2D eigenvalue weighted by Crippen LogP contribution is -2.45. The van der Waals surface area contributed by atoms with Crippen LogP contribution in [0.15, 0.2) is 30.2 Å². The Bertz CT molecular complexity index is 692. The summed E-state index contributed by atoms with van der Waals surface area (Å²) in [7, 11) is 0. The third-order valence-electron chi connectivity index (χ3n) is 5.09. The monoisotopic (exact) mass is 343 g/mol. The fourth-order valence-corrected chi connectivity index (χ4v) is 4.64. The average Bonchev–Trinajstić information content (AvgIpc) is 3.26. The second-order valence-corrected chi connectivity index (χ2v) is 7.79. The summed E-state index contributed by atoms with van der Waals surface area (Å²) in [6.07, 6.45) is 10.1. The Morgan fingerprint density at radius 1 is 1.17 bits per heavy atom. The van der Waals surface area contributed by atoms with Crippen molar-refractivity contribution in [2.45, 2.75) is 25.8 Å².